The number of nitrogens with zero attached hydrogens (tertiary/aromatic N) is 7. The first-order chi connectivity index (χ1) is 43.6. The third kappa shape index (κ3) is 16.4. The van der Waals surface area contributed by atoms with E-state index in [1.807, 2.05) is 67.5 Å². The number of benzene rings is 1. The average Bonchev–Trinajstić information content (AvgIpc) is 1.53. The zero-order valence-corrected chi connectivity index (χ0v) is 56.7. The van der Waals surface area contributed by atoms with Crippen LogP contribution in [0.1, 0.15) is 137 Å². The Kier molecular flexibility index (Phi) is 26.1. The number of carbonyl (C=O) groups excluding carboxylic acids is 6. The topological polar surface area (TPSA) is 475 Å². The first kappa shape index (κ1) is 77.6. The first-order valence-corrected chi connectivity index (χ1v) is 32.1. The van der Waals surface area contributed by atoms with Crippen molar-refractivity contribution in [3.05, 3.63) is 87.4 Å². The molecular formula is C63H88CoN13O16P. The van der Waals surface area contributed by atoms with E-state index >= 15 is 0 Å². The number of aliphatic imine (C=N–C) groups is 3. The zero-order chi connectivity index (χ0) is 69.5. The van der Waals surface area contributed by atoms with Gasteiger partial charge < -0.3 is 79.3 Å². The molecule has 5 aliphatic rings. The molecule has 29 nitrogen and oxygen atoms in total. The number of imidazole rings is 1. The van der Waals surface area contributed by atoms with Crippen molar-refractivity contribution in [3.63, 3.8) is 0 Å². The number of amides is 5. The van der Waals surface area contributed by atoms with Crippen molar-refractivity contribution in [2.45, 2.75) is 176 Å². The molecule has 1 saturated heterocycles. The van der Waals surface area contributed by atoms with E-state index in [4.69, 9.17) is 73.8 Å². The molecule has 6 heterocycles. The van der Waals surface area contributed by atoms with Gasteiger partial charge in [-0.3, -0.25) is 52.8 Å². The number of aliphatic carboxylic acids is 1. The molecule has 1 aromatic carbocycles. The first-order valence-electron chi connectivity index (χ1n) is 30.6. The number of primary amides is 3. The van der Waals surface area contributed by atoms with Crippen LogP contribution in [-0.4, -0.2) is 151 Å². The Balaban J connectivity index is 0.00000528. The van der Waals surface area contributed by atoms with Crippen LogP contribution >= 0.6 is 7.82 Å². The van der Waals surface area contributed by atoms with Gasteiger partial charge in [0.25, 0.3) is 0 Å². The minimum atomic E-state index is -5.07. The monoisotopic (exact) mass is 1370 g/mol. The Labute approximate surface area is 556 Å². The Bertz CT molecular complexity index is 3560. The van der Waals surface area contributed by atoms with Gasteiger partial charge in [0.1, 0.15) is 24.1 Å². The Hall–Kier alpha value is -7.14. The van der Waals surface area contributed by atoms with Crippen molar-refractivity contribution in [1.82, 2.24) is 20.2 Å². The number of phosphoric ester groups is 1. The van der Waals surface area contributed by atoms with Crippen molar-refractivity contribution in [3.8, 4) is 0 Å². The second-order valence-electron chi connectivity index (χ2n) is 25.7. The predicted octanol–water partition coefficient (Wildman–Crippen LogP) is 4.41. The zero-order valence-electron chi connectivity index (χ0n) is 54.8. The van der Waals surface area contributed by atoms with E-state index in [1.165, 1.54) is 26.3 Å². The summed E-state index contributed by atoms with van der Waals surface area (Å²) >= 11 is 0. The van der Waals surface area contributed by atoms with E-state index in [0.29, 0.717) is 51.4 Å². The molecule has 13 atom stereocenters. The summed E-state index contributed by atoms with van der Waals surface area (Å²) in [6.07, 6.45) is -3.07. The van der Waals surface area contributed by atoms with Gasteiger partial charge in [-0.15, -0.1) is 5.70 Å². The maximum atomic E-state index is 14.6. The molecule has 0 spiro atoms. The molecule has 2 unspecified atom stereocenters. The van der Waals surface area contributed by atoms with E-state index in [0.717, 1.165) is 17.2 Å². The standard InChI is InChI=1S/C62H89N12O16P.CN.Co/c1-31-22-40-42(23-32(31)2)74(29-69-40)58-54(84)55(44(28-75)88-58)90-91(85,86)89-34(4)26-68-49(81)18-19-60(9)39(27-67-30-76)57-62(11)61(10,20-21-87-66)38(13-16-47(64)79)53(73-62)35(5)51(33(3)24-50(82)83)70-41(43(77)14-17-48(65)80)25-45-59(7,8)37(12-15-46(63)78)52(71-45)36(6)56(60)72-57;1-2;/h22-25,29-30,34,37-39,44,54-55,57-58,75,84H,12-21,26-28,66H2,1-11H3,(H11,63,64,65,67,68,70,71,72,73,76,78,79,80,81,82,83,85,86);;/q;-1;+2/p-1/b33-24+;;/t34-,37-,38-,39+,44-,54-,55-,57-,58?,60-,61+,62+;;/m1../s1. The van der Waals surface area contributed by atoms with Crippen LogP contribution in [0.5, 0.6) is 0 Å². The van der Waals surface area contributed by atoms with Gasteiger partial charge in [0.15, 0.2) is 6.23 Å². The maximum absolute atomic E-state index is 14.6. The summed E-state index contributed by atoms with van der Waals surface area (Å²) in [5.41, 5.74) is 18.1. The number of carboxylic acid groups (broad SMARTS) is 1. The smallest absolute Gasteiger partial charge is 0.654 e. The van der Waals surface area contributed by atoms with Crippen LogP contribution in [0.15, 0.2) is 79.4 Å². The number of rotatable bonds is 29. The molecule has 7 rings (SSSR count). The molecule has 1 radical (unpaired) electrons. The molecular weight excluding hydrogens is 1280 g/mol. The molecule has 2 aromatic rings. The SMILES string of the molecule is CC1=C(/C(C)=C/C(=O)O)[N-]C(C(=O)CCC(N)=O)=CC2=NC(=C(C)C3=N[C@H]([C@H](CNC=O)[C@@]3(C)CCC(=O)NC[C@@H](C)OP(=O)(O)O[C@@H]3[C@@H](CO)OC(n4cnc5cc(C)c(C)cc54)[C@@H]3O)[C@]3(C)N=C1[C@@H](CCC(N)=O)[C@]3(C)CCON)[C@@H](CCC(N)=O)C2(C)C.[C-]#N.[Co+2]. The number of aryl methyl sites for hydroxylation is 2. The normalized spacial score (nSPS) is 28.2. The van der Waals surface area contributed by atoms with Crippen LogP contribution in [0.2, 0.25) is 0 Å². The van der Waals surface area contributed by atoms with Crippen molar-refractivity contribution < 1.29 is 93.7 Å². The number of aliphatic hydroxyl groups excluding tert-OH is 2. The van der Waals surface area contributed by atoms with Gasteiger partial charge >= 0.3 is 30.6 Å². The van der Waals surface area contributed by atoms with E-state index < -0.39 is 126 Å². The Morgan fingerprint density at radius 2 is 1.56 bits per heavy atom. The second-order valence-corrected chi connectivity index (χ2v) is 27.1. The largest absolute Gasteiger partial charge is 2.00 e. The minimum Gasteiger partial charge on any atom is -0.654 e. The minimum absolute atomic E-state index is 0. The fourth-order valence-corrected chi connectivity index (χ4v) is 15.1. The summed E-state index contributed by atoms with van der Waals surface area (Å²) in [7, 11) is -5.07. The van der Waals surface area contributed by atoms with E-state index in [-0.39, 0.29) is 111 Å². The number of hydrogen-bond donors (Lipinski definition) is 10. The van der Waals surface area contributed by atoms with Crippen molar-refractivity contribution >= 4 is 77.8 Å². The number of carbonyl (C=O) groups is 7. The molecule has 0 aliphatic carbocycles. The number of fused-ring (bicyclic) bond motifs is 5. The number of aromatic nitrogens is 2. The number of phosphoric acid groups is 1. The third-order valence-electron chi connectivity index (χ3n) is 19.4. The van der Waals surface area contributed by atoms with Crippen LogP contribution < -0.4 is 33.7 Å². The number of hydrogen-bond acceptors (Lipinski definition) is 20. The molecule has 5 amide bonds. The van der Waals surface area contributed by atoms with Crippen molar-refractivity contribution in [2.24, 2.45) is 72.1 Å². The van der Waals surface area contributed by atoms with Gasteiger partial charge in [0.2, 0.25) is 30.0 Å². The summed E-state index contributed by atoms with van der Waals surface area (Å²) in [5.74, 6) is -0.730. The summed E-state index contributed by atoms with van der Waals surface area (Å²) in [6.45, 7) is 23.4. The number of nitrogens with one attached hydrogen (secondary N) is 2. The summed E-state index contributed by atoms with van der Waals surface area (Å²) < 4.78 is 32.3. The number of aliphatic hydroxyl groups is 2. The van der Waals surface area contributed by atoms with Gasteiger partial charge in [-0.1, -0.05) is 45.0 Å². The molecule has 31 heteroatoms. The summed E-state index contributed by atoms with van der Waals surface area (Å²) in [6, 6.07) is 2.81. The number of ketones is 1. The van der Waals surface area contributed by atoms with E-state index in [9.17, 15) is 58.3 Å². The molecule has 5 aliphatic heterocycles. The van der Waals surface area contributed by atoms with E-state index in [2.05, 4.69) is 15.6 Å². The van der Waals surface area contributed by atoms with E-state index in [1.54, 1.807) is 11.5 Å². The van der Waals surface area contributed by atoms with Crippen LogP contribution in [0, 0.1) is 59.7 Å². The van der Waals surface area contributed by atoms with Crippen molar-refractivity contribution in [1.29, 1.82) is 5.26 Å². The fourth-order valence-electron chi connectivity index (χ4n) is 13.9. The number of nitrogens with two attached hydrogens (primary N) is 4. The summed E-state index contributed by atoms with van der Waals surface area (Å²) in [5, 5.41) is 48.9. The molecule has 6 bridgehead atoms. The van der Waals surface area contributed by atoms with Gasteiger partial charge in [0, 0.05) is 108 Å². The second kappa shape index (κ2) is 31.6. The molecule has 1 aromatic heterocycles. The predicted molar refractivity (Wildman–Crippen MR) is 341 cm³/mol. The van der Waals surface area contributed by atoms with Gasteiger partial charge in [-0.25, -0.2) is 20.2 Å². The number of Topliss-reactive ketones (excluding diaryl/α,β-unsaturated/α-hetero) is 1. The fraction of sp³-hybridized carbons (Fsp3) is 0.587. The Morgan fingerprint density at radius 1 is 0.936 bits per heavy atom. The maximum Gasteiger partial charge on any atom is 2.00 e. The molecule has 94 heavy (non-hydrogen) atoms. The number of allylic oxidation sites excluding steroid dienone is 6. The van der Waals surface area contributed by atoms with Crippen LogP contribution in [0.3, 0.4) is 0 Å². The Morgan fingerprint density at radius 3 is 2.16 bits per heavy atom. The quantitative estimate of drug-likeness (QED) is 0.0177. The summed E-state index contributed by atoms with van der Waals surface area (Å²) in [4.78, 5) is 129. The van der Waals surface area contributed by atoms with Crippen LogP contribution in [0.25, 0.3) is 16.4 Å². The third-order valence-corrected chi connectivity index (χ3v) is 20.5. The van der Waals surface area contributed by atoms with Crippen LogP contribution in [0.4, 0.5) is 0 Å². The molecule has 0 saturated carbocycles. The van der Waals surface area contributed by atoms with Gasteiger partial charge in [-0.05, 0) is 109 Å². The van der Waals surface area contributed by atoms with Gasteiger partial charge in [0.05, 0.1) is 48.3 Å². The number of carboxylic acids is 1. The number of ether oxygens (including phenoxy) is 1. The average molecular weight is 1370 g/mol. The van der Waals surface area contributed by atoms with Crippen molar-refractivity contribution in [2.75, 3.05) is 26.3 Å². The van der Waals surface area contributed by atoms with Gasteiger partial charge in [-0.2, -0.15) is 0 Å². The molecule has 515 valence electrons. The molecule has 14 N–H and O–H groups in total. The molecule has 1 fully saturated rings. The van der Waals surface area contributed by atoms with Crippen LogP contribution in [-0.2, 0) is 73.5 Å².